The molecule has 0 saturated heterocycles. The quantitative estimate of drug-likeness (QED) is 0.906. The fourth-order valence-corrected chi connectivity index (χ4v) is 2.93. The summed E-state index contributed by atoms with van der Waals surface area (Å²) in [6.07, 6.45) is 1.06. The zero-order valence-corrected chi connectivity index (χ0v) is 13.8. The van der Waals surface area contributed by atoms with E-state index in [1.165, 1.54) is 0 Å². The van der Waals surface area contributed by atoms with Crippen molar-refractivity contribution in [2.45, 2.75) is 19.4 Å². The maximum Gasteiger partial charge on any atom is 0.154 e. The second-order valence-electron chi connectivity index (χ2n) is 5.67. The average Bonchev–Trinajstić information content (AvgIpc) is 2.65. The van der Waals surface area contributed by atoms with E-state index >= 15 is 0 Å². The number of aromatic nitrogens is 1. The van der Waals surface area contributed by atoms with E-state index in [9.17, 15) is 0 Å². The molecule has 3 rings (SSSR count). The minimum atomic E-state index is 0.371. The van der Waals surface area contributed by atoms with E-state index in [0.29, 0.717) is 11.1 Å². The lowest BCUT2D eigenvalue weighted by molar-refractivity contribution is 0.415. The van der Waals surface area contributed by atoms with Gasteiger partial charge in [0.15, 0.2) is 5.82 Å². The highest BCUT2D eigenvalue weighted by atomic mass is 35.5. The number of fused-ring (bicyclic) bond motifs is 1. The molecule has 0 radical (unpaired) electrons. The van der Waals surface area contributed by atoms with E-state index in [-0.39, 0.29) is 0 Å². The number of hydrogen-bond donors (Lipinski definition) is 1. The monoisotopic (exact) mass is 317 g/mol. The van der Waals surface area contributed by atoms with Crippen molar-refractivity contribution >= 4 is 23.1 Å². The van der Waals surface area contributed by atoms with E-state index in [1.54, 1.807) is 7.11 Å². The van der Waals surface area contributed by atoms with E-state index in [0.717, 1.165) is 41.5 Å². The highest BCUT2D eigenvalue weighted by Gasteiger charge is 2.22. The first kappa shape index (κ1) is 15.0. The molecule has 0 bridgehead atoms. The SMILES string of the molecule is COc1cc(-c2cccc(Cl)c2)nc2c1N(C)CC[C@@H](C)N2. The number of ether oxygens (including phenoxy) is 1. The third kappa shape index (κ3) is 2.83. The molecule has 22 heavy (non-hydrogen) atoms. The van der Waals surface area contributed by atoms with Gasteiger partial charge in [0, 0.05) is 36.3 Å². The largest absolute Gasteiger partial charge is 0.494 e. The third-order valence-electron chi connectivity index (χ3n) is 3.96. The predicted molar refractivity (Wildman–Crippen MR) is 92.2 cm³/mol. The van der Waals surface area contributed by atoms with Crippen LogP contribution in [0.1, 0.15) is 13.3 Å². The predicted octanol–water partition coefficient (Wildman–Crippen LogP) is 4.05. The normalized spacial score (nSPS) is 17.5. The molecular formula is C17H20ClN3O. The Balaban J connectivity index is 2.15. The van der Waals surface area contributed by atoms with Crippen molar-refractivity contribution in [2.75, 3.05) is 30.9 Å². The number of methoxy groups -OCH3 is 1. The number of anilines is 2. The van der Waals surface area contributed by atoms with Gasteiger partial charge in [-0.25, -0.2) is 4.98 Å². The lowest BCUT2D eigenvalue weighted by Crippen LogP contribution is -2.20. The lowest BCUT2D eigenvalue weighted by Gasteiger charge is -2.21. The molecule has 4 nitrogen and oxygen atoms in total. The van der Waals surface area contributed by atoms with Gasteiger partial charge >= 0.3 is 0 Å². The molecule has 0 fully saturated rings. The standard InChI is InChI=1S/C17H20ClN3O/c1-11-7-8-21(2)16-15(22-3)10-14(20-17(16)19-11)12-5-4-6-13(18)9-12/h4-6,9-11H,7-8H2,1-3H3,(H,19,20)/t11-/m1/s1. The Morgan fingerprint density at radius 1 is 1.36 bits per heavy atom. The van der Waals surface area contributed by atoms with Gasteiger partial charge in [-0.2, -0.15) is 0 Å². The van der Waals surface area contributed by atoms with Crippen LogP contribution in [-0.4, -0.2) is 31.7 Å². The van der Waals surface area contributed by atoms with Crippen molar-refractivity contribution in [3.63, 3.8) is 0 Å². The number of benzene rings is 1. The molecule has 1 aliphatic rings. The van der Waals surface area contributed by atoms with Crippen molar-refractivity contribution in [1.29, 1.82) is 0 Å². The summed E-state index contributed by atoms with van der Waals surface area (Å²) in [5, 5.41) is 4.19. The van der Waals surface area contributed by atoms with Crippen LogP contribution in [0.4, 0.5) is 11.5 Å². The zero-order valence-electron chi connectivity index (χ0n) is 13.1. The third-order valence-corrected chi connectivity index (χ3v) is 4.20. The summed E-state index contributed by atoms with van der Waals surface area (Å²) < 4.78 is 5.61. The average molecular weight is 318 g/mol. The molecule has 1 atom stereocenters. The van der Waals surface area contributed by atoms with Crippen molar-refractivity contribution in [3.05, 3.63) is 35.4 Å². The van der Waals surface area contributed by atoms with Gasteiger partial charge in [0.2, 0.25) is 0 Å². The molecule has 1 aliphatic heterocycles. The Morgan fingerprint density at radius 2 is 2.18 bits per heavy atom. The minimum absolute atomic E-state index is 0.371. The summed E-state index contributed by atoms with van der Waals surface area (Å²) in [5.41, 5.74) is 2.85. The van der Waals surface area contributed by atoms with Crippen LogP contribution in [0.2, 0.25) is 5.02 Å². The van der Waals surface area contributed by atoms with Gasteiger partial charge in [-0.3, -0.25) is 0 Å². The van der Waals surface area contributed by atoms with Gasteiger partial charge in [0.05, 0.1) is 12.8 Å². The van der Waals surface area contributed by atoms with Gasteiger partial charge in [0.1, 0.15) is 11.4 Å². The van der Waals surface area contributed by atoms with E-state index in [2.05, 4.69) is 24.2 Å². The van der Waals surface area contributed by atoms with Crippen molar-refractivity contribution < 1.29 is 4.74 Å². The van der Waals surface area contributed by atoms with Crippen molar-refractivity contribution in [1.82, 2.24) is 4.98 Å². The van der Waals surface area contributed by atoms with Crippen molar-refractivity contribution in [3.8, 4) is 17.0 Å². The Labute approximate surface area is 136 Å². The van der Waals surface area contributed by atoms with Gasteiger partial charge in [-0.05, 0) is 25.5 Å². The smallest absolute Gasteiger partial charge is 0.154 e. The highest BCUT2D eigenvalue weighted by Crippen LogP contribution is 2.39. The van der Waals surface area contributed by atoms with Crippen LogP contribution in [0.3, 0.4) is 0 Å². The molecule has 116 valence electrons. The van der Waals surface area contributed by atoms with Crippen LogP contribution >= 0.6 is 11.6 Å². The molecule has 0 unspecified atom stereocenters. The summed E-state index contributed by atoms with van der Waals surface area (Å²) in [7, 11) is 3.77. The van der Waals surface area contributed by atoms with Crippen LogP contribution in [-0.2, 0) is 0 Å². The maximum atomic E-state index is 6.10. The topological polar surface area (TPSA) is 37.4 Å². The maximum absolute atomic E-state index is 6.10. The first-order chi connectivity index (χ1) is 10.6. The van der Waals surface area contributed by atoms with Crippen LogP contribution in [0.15, 0.2) is 30.3 Å². The molecule has 1 N–H and O–H groups in total. The Morgan fingerprint density at radius 3 is 2.91 bits per heavy atom. The van der Waals surface area contributed by atoms with E-state index < -0.39 is 0 Å². The van der Waals surface area contributed by atoms with Crippen molar-refractivity contribution in [2.24, 2.45) is 0 Å². The summed E-state index contributed by atoms with van der Waals surface area (Å²) in [4.78, 5) is 7.00. The molecule has 0 aliphatic carbocycles. The molecule has 0 saturated carbocycles. The molecular weight excluding hydrogens is 298 g/mol. The first-order valence-corrected chi connectivity index (χ1v) is 7.79. The summed E-state index contributed by atoms with van der Waals surface area (Å²) in [6, 6.07) is 10.1. The number of nitrogens with one attached hydrogen (secondary N) is 1. The van der Waals surface area contributed by atoms with Crippen LogP contribution in [0.25, 0.3) is 11.3 Å². The van der Waals surface area contributed by atoms with Gasteiger partial charge in [-0.1, -0.05) is 23.7 Å². The minimum Gasteiger partial charge on any atom is -0.494 e. The molecule has 2 aromatic rings. The van der Waals surface area contributed by atoms with E-state index in [4.69, 9.17) is 21.3 Å². The van der Waals surface area contributed by atoms with Crippen LogP contribution in [0, 0.1) is 0 Å². The summed E-state index contributed by atoms with van der Waals surface area (Å²) in [5.74, 6) is 1.69. The second-order valence-corrected chi connectivity index (χ2v) is 6.11. The molecule has 0 spiro atoms. The molecule has 0 amide bonds. The molecule has 5 heteroatoms. The summed E-state index contributed by atoms with van der Waals surface area (Å²) in [6.45, 7) is 3.14. The van der Waals surface area contributed by atoms with Crippen LogP contribution < -0.4 is 15.0 Å². The summed E-state index contributed by atoms with van der Waals surface area (Å²) >= 11 is 6.10. The number of rotatable bonds is 2. The second kappa shape index (κ2) is 6.05. The lowest BCUT2D eigenvalue weighted by atomic mass is 10.1. The fraction of sp³-hybridized carbons (Fsp3) is 0.353. The molecule has 2 heterocycles. The number of nitrogens with zero attached hydrogens (tertiary/aromatic N) is 2. The van der Waals surface area contributed by atoms with Crippen LogP contribution in [0.5, 0.6) is 5.75 Å². The van der Waals surface area contributed by atoms with E-state index in [1.807, 2.05) is 30.3 Å². The molecule has 1 aromatic carbocycles. The number of pyridine rings is 1. The number of hydrogen-bond acceptors (Lipinski definition) is 4. The van der Waals surface area contributed by atoms with Gasteiger partial charge in [0.25, 0.3) is 0 Å². The fourth-order valence-electron chi connectivity index (χ4n) is 2.74. The zero-order chi connectivity index (χ0) is 15.7. The van der Waals surface area contributed by atoms with Gasteiger partial charge < -0.3 is 15.0 Å². The molecule has 1 aromatic heterocycles. The van der Waals surface area contributed by atoms with Gasteiger partial charge in [-0.15, -0.1) is 0 Å². The Bertz CT molecular complexity index is 690. The highest BCUT2D eigenvalue weighted by molar-refractivity contribution is 6.30. The Hall–Kier alpha value is -1.94. The Kier molecular flexibility index (Phi) is 4.12. The number of halogens is 1. The first-order valence-electron chi connectivity index (χ1n) is 7.41.